The van der Waals surface area contributed by atoms with Gasteiger partial charge in [0.15, 0.2) is 0 Å². The molecule has 0 atom stereocenters. The number of aryl methyl sites for hydroxylation is 2. The molecule has 0 fully saturated rings. The van der Waals surface area contributed by atoms with Crippen molar-refractivity contribution >= 4 is 0 Å². The number of aliphatic hydroxyl groups is 1. The Hall–Kier alpha value is -1.67. The van der Waals surface area contributed by atoms with Gasteiger partial charge in [0.05, 0.1) is 12.3 Å². The zero-order chi connectivity index (χ0) is 11.5. The van der Waals surface area contributed by atoms with E-state index in [9.17, 15) is 0 Å². The van der Waals surface area contributed by atoms with E-state index >= 15 is 0 Å². The Morgan fingerprint density at radius 3 is 2.62 bits per heavy atom. The molecule has 0 radical (unpaired) electrons. The number of aromatic nitrogens is 1. The molecular formula is C14H15NO. The number of hydrogen-bond donors (Lipinski definition) is 1. The van der Waals surface area contributed by atoms with Crippen LogP contribution in [-0.2, 0) is 6.61 Å². The Kier molecular flexibility index (Phi) is 3.02. The second-order valence-electron chi connectivity index (χ2n) is 4.03. The number of rotatable bonds is 2. The summed E-state index contributed by atoms with van der Waals surface area (Å²) in [7, 11) is 0. The standard InChI is InChI=1S/C14H15NO/c1-10-3-4-13(11(2)7-10)14-8-12(9-16)5-6-15-14/h3-8,16H,9H2,1-2H3. The van der Waals surface area contributed by atoms with E-state index in [1.807, 2.05) is 12.1 Å². The summed E-state index contributed by atoms with van der Waals surface area (Å²) in [6, 6.07) is 10.1. The number of pyridine rings is 1. The van der Waals surface area contributed by atoms with Crippen molar-refractivity contribution in [1.29, 1.82) is 0 Å². The largest absolute Gasteiger partial charge is 0.392 e. The second-order valence-corrected chi connectivity index (χ2v) is 4.03. The summed E-state index contributed by atoms with van der Waals surface area (Å²) in [6.45, 7) is 4.21. The van der Waals surface area contributed by atoms with E-state index in [-0.39, 0.29) is 6.61 Å². The van der Waals surface area contributed by atoms with Crippen molar-refractivity contribution in [2.75, 3.05) is 0 Å². The van der Waals surface area contributed by atoms with Gasteiger partial charge in [-0.2, -0.15) is 0 Å². The molecule has 1 aromatic carbocycles. The van der Waals surface area contributed by atoms with Gasteiger partial charge in [0.2, 0.25) is 0 Å². The van der Waals surface area contributed by atoms with Crippen LogP contribution in [0.25, 0.3) is 11.3 Å². The third-order valence-electron chi connectivity index (χ3n) is 2.66. The lowest BCUT2D eigenvalue weighted by Gasteiger charge is -2.07. The molecule has 2 nitrogen and oxygen atoms in total. The molecule has 2 aromatic rings. The van der Waals surface area contributed by atoms with E-state index in [0.717, 1.165) is 16.8 Å². The lowest BCUT2D eigenvalue weighted by atomic mass is 10.0. The topological polar surface area (TPSA) is 33.1 Å². The van der Waals surface area contributed by atoms with Gasteiger partial charge in [-0.15, -0.1) is 0 Å². The van der Waals surface area contributed by atoms with Crippen LogP contribution in [0.2, 0.25) is 0 Å². The maximum atomic E-state index is 9.09. The lowest BCUT2D eigenvalue weighted by Crippen LogP contribution is -1.90. The van der Waals surface area contributed by atoms with Gasteiger partial charge in [0, 0.05) is 11.8 Å². The summed E-state index contributed by atoms with van der Waals surface area (Å²) in [4.78, 5) is 4.34. The number of benzene rings is 1. The second kappa shape index (κ2) is 4.45. The third-order valence-corrected chi connectivity index (χ3v) is 2.66. The van der Waals surface area contributed by atoms with Crippen LogP contribution in [0.4, 0.5) is 0 Å². The van der Waals surface area contributed by atoms with Gasteiger partial charge in [-0.25, -0.2) is 0 Å². The summed E-state index contributed by atoms with van der Waals surface area (Å²) < 4.78 is 0. The van der Waals surface area contributed by atoms with Crippen molar-refractivity contribution in [3.05, 3.63) is 53.2 Å². The molecule has 1 N–H and O–H groups in total. The van der Waals surface area contributed by atoms with E-state index in [2.05, 4.69) is 37.0 Å². The van der Waals surface area contributed by atoms with Crippen molar-refractivity contribution in [2.45, 2.75) is 20.5 Å². The van der Waals surface area contributed by atoms with E-state index in [1.165, 1.54) is 11.1 Å². The first-order valence-electron chi connectivity index (χ1n) is 5.34. The summed E-state index contributed by atoms with van der Waals surface area (Å²) in [5, 5.41) is 9.09. The van der Waals surface area contributed by atoms with Crippen LogP contribution in [-0.4, -0.2) is 10.1 Å². The molecule has 1 heterocycles. The fourth-order valence-corrected chi connectivity index (χ4v) is 1.82. The fourth-order valence-electron chi connectivity index (χ4n) is 1.82. The van der Waals surface area contributed by atoms with E-state index < -0.39 is 0 Å². The van der Waals surface area contributed by atoms with E-state index in [0.29, 0.717) is 0 Å². The van der Waals surface area contributed by atoms with Crippen LogP contribution < -0.4 is 0 Å². The minimum Gasteiger partial charge on any atom is -0.392 e. The molecule has 0 bridgehead atoms. The van der Waals surface area contributed by atoms with Crippen molar-refractivity contribution < 1.29 is 5.11 Å². The molecule has 16 heavy (non-hydrogen) atoms. The van der Waals surface area contributed by atoms with E-state index in [4.69, 9.17) is 5.11 Å². The zero-order valence-electron chi connectivity index (χ0n) is 9.57. The van der Waals surface area contributed by atoms with Gasteiger partial charge in [-0.05, 0) is 37.1 Å². The quantitative estimate of drug-likeness (QED) is 0.832. The average Bonchev–Trinajstić information content (AvgIpc) is 2.29. The molecule has 0 aliphatic rings. The highest BCUT2D eigenvalue weighted by Gasteiger charge is 2.03. The van der Waals surface area contributed by atoms with Gasteiger partial charge in [-0.3, -0.25) is 4.98 Å². The average molecular weight is 213 g/mol. The first-order valence-corrected chi connectivity index (χ1v) is 5.34. The first-order chi connectivity index (χ1) is 7.70. The highest BCUT2D eigenvalue weighted by molar-refractivity contribution is 5.64. The minimum absolute atomic E-state index is 0.0560. The predicted molar refractivity (Wildman–Crippen MR) is 65.1 cm³/mol. The molecule has 0 unspecified atom stereocenters. The highest BCUT2D eigenvalue weighted by atomic mass is 16.3. The summed E-state index contributed by atoms with van der Waals surface area (Å²) in [5.41, 5.74) is 5.40. The van der Waals surface area contributed by atoms with Gasteiger partial charge >= 0.3 is 0 Å². The van der Waals surface area contributed by atoms with Crippen LogP contribution in [0.1, 0.15) is 16.7 Å². The number of aliphatic hydroxyl groups excluding tert-OH is 1. The number of hydrogen-bond acceptors (Lipinski definition) is 2. The minimum atomic E-state index is 0.0560. The summed E-state index contributed by atoms with van der Waals surface area (Å²) in [6.07, 6.45) is 1.74. The zero-order valence-corrected chi connectivity index (χ0v) is 9.57. The van der Waals surface area contributed by atoms with Crippen molar-refractivity contribution in [3.63, 3.8) is 0 Å². The molecule has 2 heteroatoms. The molecule has 0 aliphatic carbocycles. The predicted octanol–water partition coefficient (Wildman–Crippen LogP) is 2.86. The summed E-state index contributed by atoms with van der Waals surface area (Å²) >= 11 is 0. The molecule has 0 spiro atoms. The SMILES string of the molecule is Cc1ccc(-c2cc(CO)ccn2)c(C)c1. The summed E-state index contributed by atoms with van der Waals surface area (Å²) in [5.74, 6) is 0. The molecule has 2 rings (SSSR count). The molecule has 0 saturated heterocycles. The fraction of sp³-hybridized carbons (Fsp3) is 0.214. The third kappa shape index (κ3) is 2.12. The van der Waals surface area contributed by atoms with E-state index in [1.54, 1.807) is 6.20 Å². The van der Waals surface area contributed by atoms with Gasteiger partial charge in [0.25, 0.3) is 0 Å². The maximum Gasteiger partial charge on any atom is 0.0708 e. The van der Waals surface area contributed by atoms with Crippen LogP contribution in [0.3, 0.4) is 0 Å². The normalized spacial score (nSPS) is 10.4. The Labute approximate surface area is 95.6 Å². The Bertz CT molecular complexity index is 506. The van der Waals surface area contributed by atoms with Crippen molar-refractivity contribution in [2.24, 2.45) is 0 Å². The van der Waals surface area contributed by atoms with Gasteiger partial charge < -0.3 is 5.11 Å². The molecule has 1 aromatic heterocycles. The molecular weight excluding hydrogens is 198 g/mol. The monoisotopic (exact) mass is 213 g/mol. The molecule has 82 valence electrons. The molecule has 0 aliphatic heterocycles. The number of nitrogens with zero attached hydrogens (tertiary/aromatic N) is 1. The smallest absolute Gasteiger partial charge is 0.0708 e. The first kappa shape index (κ1) is 10.8. The Morgan fingerprint density at radius 2 is 1.94 bits per heavy atom. The van der Waals surface area contributed by atoms with Gasteiger partial charge in [0.1, 0.15) is 0 Å². The van der Waals surface area contributed by atoms with Gasteiger partial charge in [-0.1, -0.05) is 23.8 Å². The molecule has 0 saturated carbocycles. The van der Waals surface area contributed by atoms with Crippen molar-refractivity contribution in [3.8, 4) is 11.3 Å². The highest BCUT2D eigenvalue weighted by Crippen LogP contribution is 2.22. The van der Waals surface area contributed by atoms with Crippen LogP contribution in [0.5, 0.6) is 0 Å². The maximum absolute atomic E-state index is 9.09. The Balaban J connectivity index is 2.49. The van der Waals surface area contributed by atoms with Crippen LogP contribution in [0.15, 0.2) is 36.5 Å². The lowest BCUT2D eigenvalue weighted by molar-refractivity contribution is 0.282. The Morgan fingerprint density at radius 1 is 1.12 bits per heavy atom. The molecule has 0 amide bonds. The van der Waals surface area contributed by atoms with Crippen molar-refractivity contribution in [1.82, 2.24) is 4.98 Å². The van der Waals surface area contributed by atoms with Crippen LogP contribution >= 0.6 is 0 Å². The van der Waals surface area contributed by atoms with Crippen LogP contribution in [0, 0.1) is 13.8 Å².